The van der Waals surface area contributed by atoms with Crippen LogP contribution in [0.2, 0.25) is 0 Å². The topological polar surface area (TPSA) is 52.6 Å². The van der Waals surface area contributed by atoms with Gasteiger partial charge in [-0.3, -0.25) is 9.59 Å². The van der Waals surface area contributed by atoms with Gasteiger partial charge in [0.2, 0.25) is 0 Å². The molecule has 0 heterocycles. The van der Waals surface area contributed by atoms with Crippen molar-refractivity contribution in [2.45, 2.75) is 79.1 Å². The number of hydrogen-bond acceptors (Lipinski definition) is 4. The first kappa shape index (κ1) is 19.9. The summed E-state index contributed by atoms with van der Waals surface area (Å²) in [7, 11) is 0. The van der Waals surface area contributed by atoms with Crippen LogP contribution in [0.15, 0.2) is 0 Å². The second kappa shape index (κ2) is 11.6. The smallest absolute Gasteiger partial charge is 0.323 e. The Morgan fingerprint density at radius 1 is 0.714 bits per heavy atom. The van der Waals surface area contributed by atoms with Crippen molar-refractivity contribution in [2.75, 3.05) is 13.2 Å². The zero-order valence-corrected chi connectivity index (χ0v) is 14.2. The van der Waals surface area contributed by atoms with Crippen molar-refractivity contribution in [2.24, 2.45) is 5.41 Å². The summed E-state index contributed by atoms with van der Waals surface area (Å²) in [6.07, 6.45) is 6.95. The fourth-order valence-corrected chi connectivity index (χ4v) is 2.49. The Morgan fingerprint density at radius 3 is 1.62 bits per heavy atom. The highest BCUT2D eigenvalue weighted by Gasteiger charge is 2.47. The van der Waals surface area contributed by atoms with E-state index < -0.39 is 17.4 Å². The van der Waals surface area contributed by atoms with Gasteiger partial charge in [-0.15, -0.1) is 0 Å². The van der Waals surface area contributed by atoms with Gasteiger partial charge in [-0.1, -0.05) is 52.4 Å². The Hall–Kier alpha value is -1.06. The van der Waals surface area contributed by atoms with Crippen LogP contribution >= 0.6 is 0 Å². The molecule has 0 amide bonds. The molecule has 4 heteroatoms. The van der Waals surface area contributed by atoms with Crippen LogP contribution < -0.4 is 0 Å². The predicted octanol–water partition coefficient (Wildman–Crippen LogP) is 4.26. The number of carbonyl (C=O) groups excluding carboxylic acids is 2. The number of esters is 2. The fraction of sp³-hybridized carbons (Fsp3) is 0.882. The second-order valence-corrected chi connectivity index (χ2v) is 5.44. The lowest BCUT2D eigenvalue weighted by Gasteiger charge is -2.29. The van der Waals surface area contributed by atoms with Crippen LogP contribution in [-0.4, -0.2) is 25.2 Å². The number of rotatable bonds is 12. The first-order chi connectivity index (χ1) is 10.1. The van der Waals surface area contributed by atoms with Crippen molar-refractivity contribution in [3.8, 4) is 0 Å². The average Bonchev–Trinajstić information content (AvgIpc) is 2.47. The number of ether oxygens (including phenoxy) is 2. The molecule has 0 aliphatic rings. The lowest BCUT2D eigenvalue weighted by molar-refractivity contribution is -0.173. The fourth-order valence-electron chi connectivity index (χ4n) is 2.49. The molecule has 0 aromatic rings. The summed E-state index contributed by atoms with van der Waals surface area (Å²) in [5, 5.41) is 0. The normalized spacial score (nSPS) is 11.2. The van der Waals surface area contributed by atoms with Gasteiger partial charge in [-0.2, -0.15) is 0 Å². The van der Waals surface area contributed by atoms with Crippen LogP contribution in [0.5, 0.6) is 0 Å². The molecule has 124 valence electrons. The lowest BCUT2D eigenvalue weighted by atomic mass is 9.78. The van der Waals surface area contributed by atoms with Crippen molar-refractivity contribution in [1.29, 1.82) is 0 Å². The molecule has 0 N–H and O–H groups in total. The molecular weight excluding hydrogens is 268 g/mol. The Morgan fingerprint density at radius 2 is 1.19 bits per heavy atom. The van der Waals surface area contributed by atoms with Crippen LogP contribution in [0.1, 0.15) is 79.1 Å². The zero-order valence-electron chi connectivity index (χ0n) is 14.2. The molecule has 0 aliphatic carbocycles. The molecule has 0 bridgehead atoms. The highest BCUT2D eigenvalue weighted by molar-refractivity contribution is 6.00. The molecule has 0 unspecified atom stereocenters. The summed E-state index contributed by atoms with van der Waals surface area (Å²) in [5.74, 6) is -0.818. The minimum atomic E-state index is -1.10. The van der Waals surface area contributed by atoms with Gasteiger partial charge in [-0.25, -0.2) is 0 Å². The quantitative estimate of drug-likeness (QED) is 0.307. The molecule has 0 aromatic carbocycles. The van der Waals surface area contributed by atoms with Gasteiger partial charge in [0.1, 0.15) is 0 Å². The average molecular weight is 300 g/mol. The van der Waals surface area contributed by atoms with Crippen LogP contribution in [0, 0.1) is 5.41 Å². The van der Waals surface area contributed by atoms with Gasteiger partial charge in [0.25, 0.3) is 0 Å². The van der Waals surface area contributed by atoms with Crippen molar-refractivity contribution >= 4 is 11.9 Å². The van der Waals surface area contributed by atoms with Crippen molar-refractivity contribution in [1.82, 2.24) is 0 Å². The summed E-state index contributed by atoms with van der Waals surface area (Å²) in [5.41, 5.74) is -1.10. The molecule has 0 radical (unpaired) electrons. The Balaban J connectivity index is 5.08. The molecule has 0 saturated carbocycles. The van der Waals surface area contributed by atoms with Gasteiger partial charge in [0.05, 0.1) is 13.2 Å². The molecule has 0 aliphatic heterocycles. The van der Waals surface area contributed by atoms with Crippen LogP contribution in [-0.2, 0) is 19.1 Å². The highest BCUT2D eigenvalue weighted by Crippen LogP contribution is 2.35. The number of hydrogen-bond donors (Lipinski definition) is 0. The van der Waals surface area contributed by atoms with Gasteiger partial charge < -0.3 is 9.47 Å². The summed E-state index contributed by atoms with van der Waals surface area (Å²) in [6, 6.07) is 0. The maximum Gasteiger partial charge on any atom is 0.323 e. The van der Waals surface area contributed by atoms with Crippen LogP contribution in [0.25, 0.3) is 0 Å². The van der Waals surface area contributed by atoms with E-state index in [4.69, 9.17) is 9.47 Å². The maximum atomic E-state index is 12.4. The Kier molecular flexibility index (Phi) is 11.0. The van der Waals surface area contributed by atoms with E-state index in [0.29, 0.717) is 26.1 Å². The summed E-state index contributed by atoms with van der Waals surface area (Å²) in [4.78, 5) is 24.9. The van der Waals surface area contributed by atoms with E-state index in [1.54, 1.807) is 13.8 Å². The van der Waals surface area contributed by atoms with E-state index >= 15 is 0 Å². The van der Waals surface area contributed by atoms with E-state index in [0.717, 1.165) is 38.5 Å². The lowest BCUT2D eigenvalue weighted by Crippen LogP contribution is -2.42. The van der Waals surface area contributed by atoms with E-state index in [9.17, 15) is 9.59 Å². The third-order valence-electron chi connectivity index (χ3n) is 3.75. The molecule has 0 aromatic heterocycles. The summed E-state index contributed by atoms with van der Waals surface area (Å²) >= 11 is 0. The van der Waals surface area contributed by atoms with Gasteiger partial charge in [0.15, 0.2) is 5.41 Å². The Labute approximate surface area is 129 Å². The first-order valence-electron chi connectivity index (χ1n) is 8.43. The number of unbranched alkanes of at least 4 members (excludes halogenated alkanes) is 4. The summed E-state index contributed by atoms with van der Waals surface area (Å²) in [6.45, 7) is 8.32. The number of carbonyl (C=O) groups is 2. The second-order valence-electron chi connectivity index (χ2n) is 5.44. The monoisotopic (exact) mass is 300 g/mol. The largest absolute Gasteiger partial charge is 0.465 e. The molecule has 0 saturated heterocycles. The third-order valence-corrected chi connectivity index (χ3v) is 3.75. The van der Waals surface area contributed by atoms with Gasteiger partial charge >= 0.3 is 11.9 Å². The van der Waals surface area contributed by atoms with Crippen molar-refractivity contribution < 1.29 is 19.1 Å². The predicted molar refractivity (Wildman–Crippen MR) is 84.0 cm³/mol. The van der Waals surface area contributed by atoms with Gasteiger partial charge in [0, 0.05) is 0 Å². The summed E-state index contributed by atoms with van der Waals surface area (Å²) < 4.78 is 10.4. The first-order valence-corrected chi connectivity index (χ1v) is 8.43. The van der Waals surface area contributed by atoms with Crippen LogP contribution in [0.4, 0.5) is 0 Å². The van der Waals surface area contributed by atoms with Gasteiger partial charge in [-0.05, 0) is 26.7 Å². The standard InChI is InChI=1S/C17H32O4/c1-5-9-11-12-14-17(13-10-6-2,15(18)20-7-3)16(19)21-8-4/h5-14H2,1-4H3. The van der Waals surface area contributed by atoms with E-state index in [1.807, 2.05) is 0 Å². The molecular formula is C17H32O4. The van der Waals surface area contributed by atoms with E-state index in [2.05, 4.69) is 13.8 Å². The molecule has 0 fully saturated rings. The minimum Gasteiger partial charge on any atom is -0.465 e. The van der Waals surface area contributed by atoms with Crippen molar-refractivity contribution in [3.63, 3.8) is 0 Å². The minimum absolute atomic E-state index is 0.293. The Bertz CT molecular complexity index is 281. The van der Waals surface area contributed by atoms with E-state index in [-0.39, 0.29) is 0 Å². The third kappa shape index (κ3) is 6.49. The van der Waals surface area contributed by atoms with E-state index in [1.165, 1.54) is 0 Å². The zero-order chi connectivity index (χ0) is 16.1. The molecule has 0 spiro atoms. The molecule has 21 heavy (non-hydrogen) atoms. The molecule has 4 nitrogen and oxygen atoms in total. The highest BCUT2D eigenvalue weighted by atomic mass is 16.6. The SMILES string of the molecule is CCCCCCC(CCCC)(C(=O)OCC)C(=O)OCC. The molecule has 0 rings (SSSR count). The molecule has 0 atom stereocenters. The van der Waals surface area contributed by atoms with Crippen molar-refractivity contribution in [3.05, 3.63) is 0 Å². The van der Waals surface area contributed by atoms with Crippen LogP contribution in [0.3, 0.4) is 0 Å². The maximum absolute atomic E-state index is 12.4.